The Morgan fingerprint density at radius 2 is 1.56 bits per heavy atom. The zero-order valence-corrected chi connectivity index (χ0v) is 15.8. The maximum atomic E-state index is 9.96. The number of ether oxygens (including phenoxy) is 2. The summed E-state index contributed by atoms with van der Waals surface area (Å²) in [5.74, 6) is 0. The van der Waals surface area contributed by atoms with E-state index in [1.807, 2.05) is 0 Å². The van der Waals surface area contributed by atoms with Gasteiger partial charge >= 0.3 is 0 Å². The molecule has 0 radical (unpaired) electrons. The molecule has 1 aliphatic rings. The van der Waals surface area contributed by atoms with Gasteiger partial charge in [0.05, 0.1) is 13.2 Å². The van der Waals surface area contributed by atoms with E-state index in [4.69, 9.17) is 14.6 Å². The molecule has 0 saturated carbocycles. The highest BCUT2D eigenvalue weighted by Crippen LogP contribution is 2.18. The Balaban J connectivity index is 1.90. The minimum absolute atomic E-state index is 0.219. The molecule has 1 aliphatic heterocycles. The second-order valence-electron chi connectivity index (χ2n) is 6.94. The Labute approximate surface area is 153 Å². The van der Waals surface area contributed by atoms with E-state index in [2.05, 4.69) is 19.1 Å². The van der Waals surface area contributed by atoms with E-state index in [0.29, 0.717) is 6.61 Å². The van der Waals surface area contributed by atoms with Crippen molar-refractivity contribution >= 4 is 0 Å². The largest absolute Gasteiger partial charge is 0.394 e. The second kappa shape index (κ2) is 14.7. The summed E-state index contributed by atoms with van der Waals surface area (Å²) in [6.45, 7) is 2.67. The van der Waals surface area contributed by atoms with E-state index >= 15 is 0 Å². The van der Waals surface area contributed by atoms with Gasteiger partial charge in [-0.15, -0.1) is 0 Å². The quantitative estimate of drug-likeness (QED) is 0.329. The fourth-order valence-corrected chi connectivity index (χ4v) is 3.11. The molecule has 4 atom stereocenters. The fourth-order valence-electron chi connectivity index (χ4n) is 3.11. The van der Waals surface area contributed by atoms with Gasteiger partial charge in [-0.05, 0) is 25.7 Å². The van der Waals surface area contributed by atoms with Gasteiger partial charge in [-0.25, -0.2) is 0 Å². The third-order valence-corrected chi connectivity index (χ3v) is 4.77. The summed E-state index contributed by atoms with van der Waals surface area (Å²) in [6.07, 6.45) is 13.5. The summed E-state index contributed by atoms with van der Waals surface area (Å²) in [5, 5.41) is 28.8. The van der Waals surface area contributed by atoms with E-state index in [1.54, 1.807) is 0 Å². The molecule has 148 valence electrons. The van der Waals surface area contributed by atoms with Crippen molar-refractivity contribution in [1.82, 2.24) is 0 Å². The maximum absolute atomic E-state index is 9.96. The standard InChI is InChI=1S/C20H38O5/c1-2-3-4-5-6-7-8-9-10-11-12-13-14-24-18-16-25-17(15-21)19(22)20(18)23/h3-4,17-23H,2,5-16H2,1H3/b4-3+/t17-,18+,19-,20-/m0/s1. The van der Waals surface area contributed by atoms with Gasteiger partial charge in [0.1, 0.15) is 24.4 Å². The molecule has 0 amide bonds. The van der Waals surface area contributed by atoms with Gasteiger partial charge in [0, 0.05) is 6.61 Å². The number of aliphatic hydroxyl groups is 3. The molecule has 5 nitrogen and oxygen atoms in total. The summed E-state index contributed by atoms with van der Waals surface area (Å²) in [7, 11) is 0. The first kappa shape index (κ1) is 22.6. The average Bonchev–Trinajstić information content (AvgIpc) is 2.62. The van der Waals surface area contributed by atoms with Crippen LogP contribution in [-0.4, -0.2) is 59.6 Å². The topological polar surface area (TPSA) is 79.2 Å². The van der Waals surface area contributed by atoms with Crippen molar-refractivity contribution in [2.45, 2.75) is 95.5 Å². The number of hydrogen-bond acceptors (Lipinski definition) is 5. The number of unbranched alkanes of at least 4 members (excludes halogenated alkanes) is 8. The Morgan fingerprint density at radius 3 is 2.20 bits per heavy atom. The summed E-state index contributed by atoms with van der Waals surface area (Å²) in [5.41, 5.74) is 0. The van der Waals surface area contributed by atoms with Gasteiger partial charge in [-0.2, -0.15) is 0 Å². The van der Waals surface area contributed by atoms with Crippen LogP contribution in [0.5, 0.6) is 0 Å². The first-order chi connectivity index (χ1) is 12.2. The second-order valence-corrected chi connectivity index (χ2v) is 6.94. The van der Waals surface area contributed by atoms with E-state index in [0.717, 1.165) is 19.3 Å². The lowest BCUT2D eigenvalue weighted by atomic mass is 10.0. The monoisotopic (exact) mass is 358 g/mol. The van der Waals surface area contributed by atoms with Gasteiger partial charge < -0.3 is 24.8 Å². The van der Waals surface area contributed by atoms with Gasteiger partial charge in [-0.1, -0.05) is 57.6 Å². The zero-order valence-electron chi connectivity index (χ0n) is 15.8. The molecule has 1 heterocycles. The Hall–Kier alpha value is -0.460. The number of rotatable bonds is 14. The van der Waals surface area contributed by atoms with Gasteiger partial charge in [-0.3, -0.25) is 0 Å². The predicted molar refractivity (Wildman–Crippen MR) is 99.6 cm³/mol. The van der Waals surface area contributed by atoms with Crippen LogP contribution in [0.3, 0.4) is 0 Å². The lowest BCUT2D eigenvalue weighted by Crippen LogP contribution is -2.55. The van der Waals surface area contributed by atoms with Crippen molar-refractivity contribution in [2.75, 3.05) is 19.8 Å². The molecule has 25 heavy (non-hydrogen) atoms. The third kappa shape index (κ3) is 9.71. The lowest BCUT2D eigenvalue weighted by molar-refractivity contribution is -0.208. The van der Waals surface area contributed by atoms with Crippen LogP contribution in [-0.2, 0) is 9.47 Å². The summed E-state index contributed by atoms with van der Waals surface area (Å²) < 4.78 is 10.9. The predicted octanol–water partition coefficient (Wildman–Crippen LogP) is 2.96. The van der Waals surface area contributed by atoms with Crippen LogP contribution in [0.25, 0.3) is 0 Å². The number of aliphatic hydroxyl groups excluding tert-OH is 3. The Kier molecular flexibility index (Phi) is 13.3. The molecule has 1 saturated heterocycles. The molecule has 0 bridgehead atoms. The summed E-state index contributed by atoms with van der Waals surface area (Å²) in [6, 6.07) is 0. The Bertz CT molecular complexity index is 334. The fraction of sp³-hybridized carbons (Fsp3) is 0.900. The SMILES string of the molecule is CC/C=C/CCCCCCCCCCO[C@@H]1CO[C@@H](CO)[C@H](O)[C@H]1O. The van der Waals surface area contributed by atoms with Crippen molar-refractivity contribution in [3.05, 3.63) is 12.2 Å². The minimum atomic E-state index is -1.08. The molecule has 1 rings (SSSR count). The highest BCUT2D eigenvalue weighted by Gasteiger charge is 2.38. The highest BCUT2D eigenvalue weighted by atomic mass is 16.6. The lowest BCUT2D eigenvalue weighted by Gasteiger charge is -2.36. The smallest absolute Gasteiger partial charge is 0.111 e. The van der Waals surface area contributed by atoms with Crippen molar-refractivity contribution in [3.63, 3.8) is 0 Å². The van der Waals surface area contributed by atoms with Crippen LogP contribution < -0.4 is 0 Å². The van der Waals surface area contributed by atoms with Gasteiger partial charge in [0.2, 0.25) is 0 Å². The van der Waals surface area contributed by atoms with Crippen molar-refractivity contribution in [1.29, 1.82) is 0 Å². The molecule has 5 heteroatoms. The van der Waals surface area contributed by atoms with Crippen molar-refractivity contribution < 1.29 is 24.8 Å². The molecule has 0 unspecified atom stereocenters. The minimum Gasteiger partial charge on any atom is -0.394 e. The van der Waals surface area contributed by atoms with Crippen LogP contribution in [0.2, 0.25) is 0 Å². The average molecular weight is 359 g/mol. The van der Waals surface area contributed by atoms with Crippen molar-refractivity contribution in [3.8, 4) is 0 Å². The molecule has 0 spiro atoms. The normalized spacial score (nSPS) is 27.2. The molecular weight excluding hydrogens is 320 g/mol. The number of allylic oxidation sites excluding steroid dienone is 2. The molecule has 0 aromatic rings. The molecule has 3 N–H and O–H groups in total. The van der Waals surface area contributed by atoms with Crippen LogP contribution >= 0.6 is 0 Å². The first-order valence-corrected chi connectivity index (χ1v) is 10.1. The van der Waals surface area contributed by atoms with E-state index < -0.39 is 24.4 Å². The van der Waals surface area contributed by atoms with Crippen LogP contribution in [0.1, 0.15) is 71.1 Å². The van der Waals surface area contributed by atoms with Crippen LogP contribution in [0.4, 0.5) is 0 Å². The molecule has 0 aromatic heterocycles. The van der Waals surface area contributed by atoms with Gasteiger partial charge in [0.25, 0.3) is 0 Å². The molecular formula is C20H38O5. The van der Waals surface area contributed by atoms with Gasteiger partial charge in [0.15, 0.2) is 0 Å². The summed E-state index contributed by atoms with van der Waals surface area (Å²) >= 11 is 0. The highest BCUT2D eigenvalue weighted by molar-refractivity contribution is 4.87. The molecule has 0 aromatic carbocycles. The molecule has 0 aliphatic carbocycles. The summed E-state index contributed by atoms with van der Waals surface area (Å²) in [4.78, 5) is 0. The zero-order chi connectivity index (χ0) is 18.3. The first-order valence-electron chi connectivity index (χ1n) is 10.1. The van der Waals surface area contributed by atoms with Crippen LogP contribution in [0.15, 0.2) is 12.2 Å². The Morgan fingerprint density at radius 1 is 0.920 bits per heavy atom. The third-order valence-electron chi connectivity index (χ3n) is 4.77. The van der Waals surface area contributed by atoms with E-state index in [1.165, 1.54) is 44.9 Å². The molecule has 1 fully saturated rings. The van der Waals surface area contributed by atoms with E-state index in [-0.39, 0.29) is 13.2 Å². The van der Waals surface area contributed by atoms with E-state index in [9.17, 15) is 10.2 Å². The van der Waals surface area contributed by atoms with Crippen molar-refractivity contribution in [2.24, 2.45) is 0 Å². The number of hydrogen-bond donors (Lipinski definition) is 3. The maximum Gasteiger partial charge on any atom is 0.111 e. The van der Waals surface area contributed by atoms with Crippen LogP contribution in [0, 0.1) is 0 Å².